The first kappa shape index (κ1) is 18.3. The van der Waals surface area contributed by atoms with E-state index in [2.05, 4.69) is 26.0 Å². The van der Waals surface area contributed by atoms with E-state index in [-0.39, 0.29) is 11.3 Å². The van der Waals surface area contributed by atoms with E-state index in [1.165, 1.54) is 0 Å². The van der Waals surface area contributed by atoms with Gasteiger partial charge >= 0.3 is 6.18 Å². The lowest BCUT2D eigenvalue weighted by atomic mass is 9.44. The maximum absolute atomic E-state index is 13.6. The van der Waals surface area contributed by atoms with Gasteiger partial charge in [-0.25, -0.2) is 0 Å². The topological polar surface area (TPSA) is 37.3 Å². The lowest BCUT2D eigenvalue weighted by Gasteiger charge is -2.60. The van der Waals surface area contributed by atoms with E-state index in [0.29, 0.717) is 24.2 Å². The number of carbonyl (C=O) groups is 1. The number of ketones is 1. The number of carbonyl (C=O) groups excluding carboxylic acids is 1. The molecule has 0 aromatic carbocycles. The number of fused-ring (bicyclic) bond motifs is 5. The minimum absolute atomic E-state index is 0.0697. The number of allylic oxidation sites excluding steroid dienone is 3. The van der Waals surface area contributed by atoms with E-state index in [1.807, 2.05) is 6.92 Å². The van der Waals surface area contributed by atoms with Crippen LogP contribution in [0.5, 0.6) is 0 Å². The number of aliphatic hydroxyl groups is 1. The highest BCUT2D eigenvalue weighted by molar-refractivity contribution is 5.99. The van der Waals surface area contributed by atoms with Gasteiger partial charge in [0.15, 0.2) is 5.78 Å². The van der Waals surface area contributed by atoms with E-state index >= 15 is 0 Å². The molecule has 0 amide bonds. The minimum Gasteiger partial charge on any atom is -0.374 e. The monoisotopic (exact) mass is 368 g/mol. The number of hydrogen-bond donors (Lipinski definition) is 1. The van der Waals surface area contributed by atoms with Crippen molar-refractivity contribution in [1.82, 2.24) is 0 Å². The van der Waals surface area contributed by atoms with Crippen LogP contribution in [0.15, 0.2) is 23.8 Å². The van der Waals surface area contributed by atoms with E-state index < -0.39 is 29.4 Å². The van der Waals surface area contributed by atoms with Gasteiger partial charge in [0.25, 0.3) is 0 Å². The van der Waals surface area contributed by atoms with Gasteiger partial charge in [-0.05, 0) is 66.3 Å². The molecule has 4 rings (SSSR count). The van der Waals surface area contributed by atoms with Gasteiger partial charge in [-0.15, -0.1) is 0 Å². The third-order valence-corrected chi connectivity index (χ3v) is 8.19. The van der Waals surface area contributed by atoms with Gasteiger partial charge < -0.3 is 5.11 Å². The molecule has 144 valence electrons. The third kappa shape index (κ3) is 2.18. The first-order chi connectivity index (χ1) is 11.9. The standard InChI is InChI=1S/C21H27F3O2/c1-12-9-13-10-16(25)20(26,21(22,23)24)11-19(13,3)15-6-8-18(2)7-4-5-14(18)17(12)15/h4-5,10,12,14-15,17,26H,6-9,11H2,1-3H3/t12-,14+,15+,17+,18+,19+,20?/m1/s1. The summed E-state index contributed by atoms with van der Waals surface area (Å²) in [6.45, 7) is 6.32. The second kappa shape index (κ2) is 5.24. The van der Waals surface area contributed by atoms with Gasteiger partial charge in [0.05, 0.1) is 0 Å². The molecule has 4 aliphatic carbocycles. The number of hydrogen-bond acceptors (Lipinski definition) is 2. The van der Waals surface area contributed by atoms with Gasteiger partial charge in [-0.1, -0.05) is 38.5 Å². The van der Waals surface area contributed by atoms with Gasteiger partial charge in [0.1, 0.15) is 0 Å². The van der Waals surface area contributed by atoms with Crippen molar-refractivity contribution in [2.75, 3.05) is 0 Å². The normalized spacial score (nSPS) is 50.7. The maximum atomic E-state index is 13.6. The van der Waals surface area contributed by atoms with E-state index in [9.17, 15) is 23.1 Å². The van der Waals surface area contributed by atoms with Crippen LogP contribution in [0.4, 0.5) is 13.2 Å². The lowest BCUT2D eigenvalue weighted by molar-refractivity contribution is -0.262. The summed E-state index contributed by atoms with van der Waals surface area (Å²) in [6.07, 6.45) is 3.69. The fourth-order valence-corrected chi connectivity index (χ4v) is 6.69. The summed E-state index contributed by atoms with van der Waals surface area (Å²) in [7, 11) is 0. The van der Waals surface area contributed by atoms with Crippen LogP contribution in [0.1, 0.15) is 52.9 Å². The first-order valence-electron chi connectivity index (χ1n) is 9.64. The third-order valence-electron chi connectivity index (χ3n) is 8.19. The van der Waals surface area contributed by atoms with Crippen molar-refractivity contribution in [2.45, 2.75) is 64.7 Å². The molecule has 1 unspecified atom stereocenters. The van der Waals surface area contributed by atoms with E-state index in [1.54, 1.807) is 0 Å². The zero-order valence-corrected chi connectivity index (χ0v) is 15.6. The second-order valence-corrected chi connectivity index (χ2v) is 9.70. The predicted molar refractivity (Wildman–Crippen MR) is 92.2 cm³/mol. The Morgan fingerprint density at radius 2 is 1.96 bits per heavy atom. The highest BCUT2D eigenvalue weighted by atomic mass is 19.4. The Labute approximate surface area is 152 Å². The van der Waals surface area contributed by atoms with Crippen molar-refractivity contribution in [3.05, 3.63) is 23.8 Å². The molecule has 4 aliphatic rings. The summed E-state index contributed by atoms with van der Waals surface area (Å²) in [5, 5.41) is 10.3. The lowest BCUT2D eigenvalue weighted by Crippen LogP contribution is -2.61. The van der Waals surface area contributed by atoms with Gasteiger partial charge in [0, 0.05) is 6.42 Å². The maximum Gasteiger partial charge on any atom is 0.424 e. The molecule has 26 heavy (non-hydrogen) atoms. The Morgan fingerprint density at radius 3 is 2.62 bits per heavy atom. The average Bonchev–Trinajstić information content (AvgIpc) is 2.91. The zero-order chi connectivity index (χ0) is 19.1. The van der Waals surface area contributed by atoms with Crippen LogP contribution in [0.25, 0.3) is 0 Å². The molecule has 0 saturated heterocycles. The van der Waals surface area contributed by atoms with Crippen LogP contribution in [-0.4, -0.2) is 22.7 Å². The molecule has 0 aliphatic heterocycles. The molecule has 1 N–H and O–H groups in total. The molecule has 2 fully saturated rings. The second-order valence-electron chi connectivity index (χ2n) is 9.70. The molecular weight excluding hydrogens is 341 g/mol. The molecule has 0 aromatic heterocycles. The Kier molecular flexibility index (Phi) is 3.68. The fraction of sp³-hybridized carbons (Fsp3) is 0.762. The predicted octanol–water partition coefficient (Wildman–Crippen LogP) is 4.83. The Hall–Kier alpha value is -1.10. The highest BCUT2D eigenvalue weighted by Gasteiger charge is 2.67. The van der Waals surface area contributed by atoms with E-state index in [0.717, 1.165) is 30.9 Å². The van der Waals surface area contributed by atoms with Crippen molar-refractivity contribution < 1.29 is 23.1 Å². The van der Waals surface area contributed by atoms with Crippen molar-refractivity contribution >= 4 is 5.78 Å². The highest BCUT2D eigenvalue weighted by Crippen LogP contribution is 2.66. The van der Waals surface area contributed by atoms with Crippen LogP contribution in [0.3, 0.4) is 0 Å². The summed E-state index contributed by atoms with van der Waals surface area (Å²) in [6, 6.07) is 0. The van der Waals surface area contributed by atoms with Gasteiger partial charge in [-0.2, -0.15) is 13.2 Å². The largest absolute Gasteiger partial charge is 0.424 e. The SMILES string of the molecule is C[C@@H]1CC2=CC(=O)C(O)(C(F)(F)F)C[C@]2(C)[C@H]2CC[C@]3(C)CC=C[C@H]3[C@H]12. The molecule has 0 spiro atoms. The molecule has 2 saturated carbocycles. The van der Waals surface area contributed by atoms with Crippen LogP contribution in [-0.2, 0) is 4.79 Å². The minimum atomic E-state index is -4.94. The quantitative estimate of drug-likeness (QED) is 0.622. The zero-order valence-electron chi connectivity index (χ0n) is 15.6. The van der Waals surface area contributed by atoms with E-state index in [4.69, 9.17) is 0 Å². The average molecular weight is 368 g/mol. The van der Waals surface area contributed by atoms with Crippen molar-refractivity contribution in [3.8, 4) is 0 Å². The van der Waals surface area contributed by atoms with Crippen molar-refractivity contribution in [3.63, 3.8) is 0 Å². The van der Waals surface area contributed by atoms with Crippen LogP contribution < -0.4 is 0 Å². The van der Waals surface area contributed by atoms with Gasteiger partial charge in [0.2, 0.25) is 5.60 Å². The number of halogens is 3. The summed E-state index contributed by atoms with van der Waals surface area (Å²) in [4.78, 5) is 12.2. The van der Waals surface area contributed by atoms with Gasteiger partial charge in [-0.3, -0.25) is 4.79 Å². The number of alkyl halides is 3. The fourth-order valence-electron chi connectivity index (χ4n) is 6.69. The first-order valence-corrected chi connectivity index (χ1v) is 9.64. The summed E-state index contributed by atoms with van der Waals surface area (Å²) < 4.78 is 40.7. The summed E-state index contributed by atoms with van der Waals surface area (Å²) in [5.74, 6) is -0.104. The molecule has 7 atom stereocenters. The molecule has 0 heterocycles. The molecule has 0 aromatic rings. The summed E-state index contributed by atoms with van der Waals surface area (Å²) in [5.41, 5.74) is -3.00. The number of rotatable bonds is 0. The van der Waals surface area contributed by atoms with Crippen molar-refractivity contribution in [2.24, 2.45) is 34.5 Å². The molecular formula is C21H27F3O2. The molecule has 0 bridgehead atoms. The van der Waals surface area contributed by atoms with Crippen molar-refractivity contribution in [1.29, 1.82) is 0 Å². The molecule has 5 heteroatoms. The summed E-state index contributed by atoms with van der Waals surface area (Å²) >= 11 is 0. The van der Waals surface area contributed by atoms with Crippen LogP contribution >= 0.6 is 0 Å². The van der Waals surface area contributed by atoms with Crippen LogP contribution in [0.2, 0.25) is 0 Å². The van der Waals surface area contributed by atoms with Crippen LogP contribution in [0, 0.1) is 34.5 Å². The Morgan fingerprint density at radius 1 is 1.27 bits per heavy atom. The Balaban J connectivity index is 1.79. The smallest absolute Gasteiger partial charge is 0.374 e. The molecule has 2 nitrogen and oxygen atoms in total. The Bertz CT molecular complexity index is 709. The molecule has 0 radical (unpaired) electrons.